The van der Waals surface area contributed by atoms with E-state index in [2.05, 4.69) is 22.7 Å². The SMILES string of the molecule is CC1(NC(=O)c2ccnc(NN)c2)CCCCC1. The summed E-state index contributed by atoms with van der Waals surface area (Å²) < 4.78 is 0. The predicted molar refractivity (Wildman–Crippen MR) is 71.0 cm³/mol. The molecular formula is C13H20N4O. The van der Waals surface area contributed by atoms with Gasteiger partial charge < -0.3 is 10.7 Å². The molecule has 0 aliphatic heterocycles. The second-order valence-electron chi connectivity index (χ2n) is 5.15. The number of amides is 1. The summed E-state index contributed by atoms with van der Waals surface area (Å²) in [6, 6.07) is 3.35. The molecule has 1 heterocycles. The molecule has 0 unspecified atom stereocenters. The van der Waals surface area contributed by atoms with Crippen LogP contribution in [0.1, 0.15) is 49.4 Å². The third kappa shape index (κ3) is 2.98. The van der Waals surface area contributed by atoms with Gasteiger partial charge >= 0.3 is 0 Å². The fourth-order valence-corrected chi connectivity index (χ4v) is 2.45. The molecule has 0 aromatic carbocycles. The molecule has 18 heavy (non-hydrogen) atoms. The minimum absolute atomic E-state index is 0.0571. The van der Waals surface area contributed by atoms with Crippen molar-refractivity contribution in [1.29, 1.82) is 0 Å². The molecule has 1 aromatic rings. The Hall–Kier alpha value is -1.62. The van der Waals surface area contributed by atoms with Crippen LogP contribution in [0.25, 0.3) is 0 Å². The third-order valence-electron chi connectivity index (χ3n) is 3.54. The van der Waals surface area contributed by atoms with Crippen LogP contribution in [-0.2, 0) is 0 Å². The van der Waals surface area contributed by atoms with Crippen molar-refractivity contribution in [2.75, 3.05) is 5.43 Å². The Morgan fingerprint density at radius 2 is 2.11 bits per heavy atom. The highest BCUT2D eigenvalue weighted by molar-refractivity contribution is 5.95. The van der Waals surface area contributed by atoms with Gasteiger partial charge in [0.2, 0.25) is 0 Å². The number of pyridine rings is 1. The molecule has 98 valence electrons. The standard InChI is InChI=1S/C13H20N4O/c1-13(6-3-2-4-7-13)16-12(18)10-5-8-15-11(9-10)17-14/h5,8-9H,2-4,6-7,14H2,1H3,(H,15,17)(H,16,18). The van der Waals surface area contributed by atoms with Gasteiger partial charge in [0.25, 0.3) is 5.91 Å². The summed E-state index contributed by atoms with van der Waals surface area (Å²) in [5.74, 6) is 5.72. The molecule has 0 atom stereocenters. The van der Waals surface area contributed by atoms with E-state index in [9.17, 15) is 4.79 Å². The molecule has 1 fully saturated rings. The fraction of sp³-hybridized carbons (Fsp3) is 0.538. The maximum atomic E-state index is 12.2. The van der Waals surface area contributed by atoms with Crippen molar-refractivity contribution in [2.45, 2.75) is 44.6 Å². The second-order valence-corrected chi connectivity index (χ2v) is 5.15. The number of nitrogen functional groups attached to an aromatic ring is 1. The molecule has 4 N–H and O–H groups in total. The molecular weight excluding hydrogens is 228 g/mol. The molecule has 1 aliphatic rings. The average Bonchev–Trinajstić information content (AvgIpc) is 2.39. The molecule has 1 saturated carbocycles. The van der Waals surface area contributed by atoms with E-state index in [-0.39, 0.29) is 11.4 Å². The summed E-state index contributed by atoms with van der Waals surface area (Å²) >= 11 is 0. The summed E-state index contributed by atoms with van der Waals surface area (Å²) in [4.78, 5) is 16.2. The number of hydrogen-bond acceptors (Lipinski definition) is 4. The zero-order chi connectivity index (χ0) is 13.0. The third-order valence-corrected chi connectivity index (χ3v) is 3.54. The zero-order valence-electron chi connectivity index (χ0n) is 10.7. The normalized spacial score (nSPS) is 18.1. The highest BCUT2D eigenvalue weighted by Gasteiger charge is 2.28. The van der Waals surface area contributed by atoms with Gasteiger partial charge in [-0.05, 0) is 31.9 Å². The Labute approximate surface area is 107 Å². The topological polar surface area (TPSA) is 80.0 Å². The molecule has 1 aliphatic carbocycles. The Bertz CT molecular complexity index is 427. The van der Waals surface area contributed by atoms with Gasteiger partial charge in [-0.3, -0.25) is 4.79 Å². The molecule has 5 nitrogen and oxygen atoms in total. The van der Waals surface area contributed by atoms with E-state index in [1.54, 1.807) is 18.3 Å². The summed E-state index contributed by atoms with van der Waals surface area (Å²) in [7, 11) is 0. The van der Waals surface area contributed by atoms with E-state index in [1.165, 1.54) is 19.3 Å². The van der Waals surface area contributed by atoms with Crippen LogP contribution in [0, 0.1) is 0 Å². The minimum atomic E-state index is -0.0745. The van der Waals surface area contributed by atoms with Gasteiger partial charge in [0.15, 0.2) is 0 Å². The van der Waals surface area contributed by atoms with Gasteiger partial charge in [-0.1, -0.05) is 19.3 Å². The van der Waals surface area contributed by atoms with Crippen LogP contribution in [0.15, 0.2) is 18.3 Å². The van der Waals surface area contributed by atoms with Crippen LogP contribution < -0.4 is 16.6 Å². The van der Waals surface area contributed by atoms with E-state index >= 15 is 0 Å². The highest BCUT2D eigenvalue weighted by atomic mass is 16.1. The predicted octanol–water partition coefficient (Wildman–Crippen LogP) is 1.82. The number of aromatic nitrogens is 1. The fourth-order valence-electron chi connectivity index (χ4n) is 2.45. The number of nitrogens with two attached hydrogens (primary N) is 1. The van der Waals surface area contributed by atoms with Gasteiger partial charge in [-0.15, -0.1) is 0 Å². The monoisotopic (exact) mass is 248 g/mol. The van der Waals surface area contributed by atoms with E-state index in [0.29, 0.717) is 11.4 Å². The summed E-state index contributed by atoms with van der Waals surface area (Å²) in [6.45, 7) is 2.12. The van der Waals surface area contributed by atoms with E-state index in [0.717, 1.165) is 12.8 Å². The highest BCUT2D eigenvalue weighted by Crippen LogP contribution is 2.27. The van der Waals surface area contributed by atoms with Gasteiger partial charge in [0, 0.05) is 17.3 Å². The zero-order valence-corrected chi connectivity index (χ0v) is 10.7. The van der Waals surface area contributed by atoms with Crippen LogP contribution >= 0.6 is 0 Å². The van der Waals surface area contributed by atoms with E-state index in [4.69, 9.17) is 5.84 Å². The van der Waals surface area contributed by atoms with E-state index in [1.807, 2.05) is 0 Å². The van der Waals surface area contributed by atoms with Crippen molar-refractivity contribution in [3.05, 3.63) is 23.9 Å². The Morgan fingerprint density at radius 3 is 2.78 bits per heavy atom. The smallest absolute Gasteiger partial charge is 0.251 e. The lowest BCUT2D eigenvalue weighted by atomic mass is 9.83. The van der Waals surface area contributed by atoms with Crippen LogP contribution in [0.3, 0.4) is 0 Å². The molecule has 1 aromatic heterocycles. The first-order valence-electron chi connectivity index (χ1n) is 6.38. The van der Waals surface area contributed by atoms with Crippen LogP contribution in [-0.4, -0.2) is 16.4 Å². The van der Waals surface area contributed by atoms with Gasteiger partial charge in [-0.25, -0.2) is 10.8 Å². The summed E-state index contributed by atoms with van der Waals surface area (Å²) in [5, 5.41) is 3.13. The van der Waals surface area contributed by atoms with Crippen LogP contribution in [0.2, 0.25) is 0 Å². The lowest BCUT2D eigenvalue weighted by molar-refractivity contribution is 0.0882. The van der Waals surface area contributed by atoms with Gasteiger partial charge in [0.05, 0.1) is 0 Å². The number of anilines is 1. The molecule has 0 radical (unpaired) electrons. The molecule has 1 amide bonds. The van der Waals surface area contributed by atoms with Gasteiger partial charge in [-0.2, -0.15) is 0 Å². The average molecular weight is 248 g/mol. The maximum Gasteiger partial charge on any atom is 0.251 e. The van der Waals surface area contributed by atoms with Crippen molar-refractivity contribution < 1.29 is 4.79 Å². The molecule has 0 saturated heterocycles. The Kier molecular flexibility index (Phi) is 3.81. The lowest BCUT2D eigenvalue weighted by Gasteiger charge is -2.34. The van der Waals surface area contributed by atoms with Gasteiger partial charge in [0.1, 0.15) is 5.82 Å². The Balaban J connectivity index is 2.06. The number of nitrogens with zero attached hydrogens (tertiary/aromatic N) is 1. The number of nitrogens with one attached hydrogen (secondary N) is 2. The molecule has 0 spiro atoms. The van der Waals surface area contributed by atoms with E-state index < -0.39 is 0 Å². The Morgan fingerprint density at radius 1 is 1.39 bits per heavy atom. The minimum Gasteiger partial charge on any atom is -0.347 e. The first kappa shape index (κ1) is 12.8. The number of rotatable bonds is 3. The maximum absolute atomic E-state index is 12.2. The number of carbonyl (C=O) groups is 1. The van der Waals surface area contributed by atoms with Crippen molar-refractivity contribution in [2.24, 2.45) is 5.84 Å². The number of carbonyl (C=O) groups excluding carboxylic acids is 1. The number of hydrogen-bond donors (Lipinski definition) is 3. The quantitative estimate of drug-likeness (QED) is 0.563. The summed E-state index contributed by atoms with van der Waals surface area (Å²) in [5.41, 5.74) is 2.96. The van der Waals surface area contributed by atoms with Crippen molar-refractivity contribution >= 4 is 11.7 Å². The molecule has 0 bridgehead atoms. The summed E-state index contributed by atoms with van der Waals surface area (Å²) in [6.07, 6.45) is 7.30. The lowest BCUT2D eigenvalue weighted by Crippen LogP contribution is -2.47. The van der Waals surface area contributed by atoms with Crippen molar-refractivity contribution in [3.63, 3.8) is 0 Å². The largest absolute Gasteiger partial charge is 0.347 e. The second kappa shape index (κ2) is 5.35. The first-order valence-corrected chi connectivity index (χ1v) is 6.38. The van der Waals surface area contributed by atoms with Crippen LogP contribution in [0.4, 0.5) is 5.82 Å². The molecule has 5 heteroatoms. The van der Waals surface area contributed by atoms with Crippen molar-refractivity contribution in [1.82, 2.24) is 10.3 Å². The number of hydrazine groups is 1. The molecule has 2 rings (SSSR count). The van der Waals surface area contributed by atoms with Crippen molar-refractivity contribution in [3.8, 4) is 0 Å². The first-order chi connectivity index (χ1) is 8.63. The van der Waals surface area contributed by atoms with Crippen LogP contribution in [0.5, 0.6) is 0 Å².